The Morgan fingerprint density at radius 1 is 1.04 bits per heavy atom. The predicted octanol–water partition coefficient (Wildman–Crippen LogP) is 4.02. The van der Waals surface area contributed by atoms with E-state index in [4.69, 9.17) is 11.6 Å². The number of fused-ring (bicyclic) bond motifs is 1. The maximum atomic E-state index is 13.1. The van der Waals surface area contributed by atoms with Crippen molar-refractivity contribution in [1.82, 2.24) is 14.9 Å². The van der Waals surface area contributed by atoms with E-state index in [1.807, 2.05) is 12.1 Å². The summed E-state index contributed by atoms with van der Waals surface area (Å²) in [5.41, 5.74) is 2.44. The van der Waals surface area contributed by atoms with Crippen molar-refractivity contribution in [1.29, 1.82) is 0 Å². The van der Waals surface area contributed by atoms with Crippen molar-refractivity contribution in [3.63, 3.8) is 0 Å². The lowest BCUT2D eigenvalue weighted by Crippen LogP contribution is -2.42. The Bertz CT molecular complexity index is 998. The first-order valence-corrected chi connectivity index (χ1v) is 9.30. The number of halogens is 1. The molecule has 3 aromatic rings. The molecule has 1 aliphatic rings. The average Bonchev–Trinajstić information content (AvgIpc) is 2.73. The first kappa shape index (κ1) is 17.6. The Balaban J connectivity index is 1.56. The molecule has 2 heterocycles. The van der Waals surface area contributed by atoms with Gasteiger partial charge in [0.2, 0.25) is 0 Å². The van der Waals surface area contributed by atoms with Crippen LogP contribution in [0.3, 0.4) is 0 Å². The number of likely N-dealkylation sites (tertiary alicyclic amines) is 1. The van der Waals surface area contributed by atoms with Crippen molar-refractivity contribution in [2.45, 2.75) is 12.8 Å². The monoisotopic (exact) mass is 379 g/mol. The van der Waals surface area contributed by atoms with Gasteiger partial charge in [-0.25, -0.2) is 0 Å². The van der Waals surface area contributed by atoms with E-state index in [0.29, 0.717) is 40.3 Å². The molecule has 0 aliphatic carbocycles. The molecule has 1 fully saturated rings. The van der Waals surface area contributed by atoms with Gasteiger partial charge in [0.25, 0.3) is 5.91 Å². The fourth-order valence-electron chi connectivity index (χ4n) is 3.56. The number of Topliss-reactive ketones (excluding diaryl/α,β-unsaturated/α-hetero) is 1. The van der Waals surface area contributed by atoms with Gasteiger partial charge in [0.05, 0.1) is 11.1 Å². The molecule has 1 aromatic heterocycles. The molecule has 1 unspecified atom stereocenters. The Kier molecular flexibility index (Phi) is 4.86. The molecule has 0 radical (unpaired) electrons. The predicted molar refractivity (Wildman–Crippen MR) is 104 cm³/mol. The molecule has 27 heavy (non-hydrogen) atoms. The number of nitrogens with zero attached hydrogens (tertiary/aromatic N) is 3. The van der Waals surface area contributed by atoms with Gasteiger partial charge in [0, 0.05) is 42.0 Å². The van der Waals surface area contributed by atoms with Gasteiger partial charge in [-0.3, -0.25) is 19.6 Å². The number of ketones is 1. The number of carbonyl (C=O) groups is 2. The second-order valence-corrected chi connectivity index (χ2v) is 7.13. The van der Waals surface area contributed by atoms with Gasteiger partial charge >= 0.3 is 0 Å². The summed E-state index contributed by atoms with van der Waals surface area (Å²) < 4.78 is 0. The Labute approximate surface area is 162 Å². The lowest BCUT2D eigenvalue weighted by molar-refractivity contribution is 0.0638. The number of piperidine rings is 1. The number of benzene rings is 2. The molecule has 5 nitrogen and oxygen atoms in total. The van der Waals surface area contributed by atoms with E-state index >= 15 is 0 Å². The first-order valence-electron chi connectivity index (χ1n) is 8.92. The maximum Gasteiger partial charge on any atom is 0.256 e. The maximum absolute atomic E-state index is 13.1. The summed E-state index contributed by atoms with van der Waals surface area (Å²) in [5.74, 6) is -0.249. The zero-order chi connectivity index (χ0) is 18.8. The molecule has 136 valence electrons. The second kappa shape index (κ2) is 7.45. The molecule has 4 rings (SSSR count). The van der Waals surface area contributed by atoms with Crippen LogP contribution in [0.4, 0.5) is 0 Å². The molecule has 0 bridgehead atoms. The van der Waals surface area contributed by atoms with E-state index < -0.39 is 0 Å². The summed E-state index contributed by atoms with van der Waals surface area (Å²) in [6.07, 6.45) is 4.77. The third-order valence-corrected chi connectivity index (χ3v) is 5.19. The van der Waals surface area contributed by atoms with Crippen molar-refractivity contribution >= 4 is 34.3 Å². The highest BCUT2D eigenvalue weighted by molar-refractivity contribution is 6.30. The van der Waals surface area contributed by atoms with E-state index in [1.165, 1.54) is 0 Å². The number of rotatable bonds is 3. The van der Waals surface area contributed by atoms with E-state index in [2.05, 4.69) is 9.97 Å². The number of para-hydroxylation sites is 1. The molecule has 2 aromatic carbocycles. The molecular weight excluding hydrogens is 362 g/mol. The lowest BCUT2D eigenvalue weighted by Gasteiger charge is -2.32. The van der Waals surface area contributed by atoms with Gasteiger partial charge in [0.1, 0.15) is 5.52 Å². The van der Waals surface area contributed by atoms with Crippen LogP contribution in [0.1, 0.15) is 33.6 Å². The van der Waals surface area contributed by atoms with Crippen LogP contribution in [-0.2, 0) is 0 Å². The van der Waals surface area contributed by atoms with Crippen LogP contribution >= 0.6 is 11.6 Å². The van der Waals surface area contributed by atoms with Gasteiger partial charge in [-0.1, -0.05) is 17.7 Å². The highest BCUT2D eigenvalue weighted by Crippen LogP contribution is 2.24. The number of amides is 1. The summed E-state index contributed by atoms with van der Waals surface area (Å²) in [5, 5.41) is 0.601. The van der Waals surface area contributed by atoms with Crippen molar-refractivity contribution in [3.05, 3.63) is 71.0 Å². The van der Waals surface area contributed by atoms with Gasteiger partial charge in [-0.15, -0.1) is 0 Å². The Morgan fingerprint density at radius 3 is 2.63 bits per heavy atom. The Hall–Kier alpha value is -2.79. The standard InChI is InChI=1S/C21H18ClN3O2/c22-16-8-6-14(7-9-16)20(26)15-3-2-12-25(13-15)21(27)17-4-1-5-18-19(17)24-11-10-23-18/h1,4-11,15H,2-3,12-13H2. The topological polar surface area (TPSA) is 63.2 Å². The van der Waals surface area contributed by atoms with Gasteiger partial charge < -0.3 is 4.90 Å². The van der Waals surface area contributed by atoms with Crippen LogP contribution in [0.25, 0.3) is 11.0 Å². The van der Waals surface area contributed by atoms with E-state index in [-0.39, 0.29) is 17.6 Å². The number of aromatic nitrogens is 2. The smallest absolute Gasteiger partial charge is 0.256 e. The molecule has 0 saturated carbocycles. The molecule has 1 amide bonds. The number of hydrogen-bond donors (Lipinski definition) is 0. The molecule has 1 aliphatic heterocycles. The van der Waals surface area contributed by atoms with Crippen LogP contribution < -0.4 is 0 Å². The Morgan fingerprint density at radius 2 is 1.81 bits per heavy atom. The third-order valence-electron chi connectivity index (χ3n) is 4.94. The molecule has 1 saturated heterocycles. The largest absolute Gasteiger partial charge is 0.338 e. The quantitative estimate of drug-likeness (QED) is 0.645. The van der Waals surface area contributed by atoms with Gasteiger partial charge in [-0.05, 0) is 49.2 Å². The van der Waals surface area contributed by atoms with Crippen molar-refractivity contribution in [2.24, 2.45) is 5.92 Å². The van der Waals surface area contributed by atoms with Crippen LogP contribution in [0.2, 0.25) is 5.02 Å². The second-order valence-electron chi connectivity index (χ2n) is 6.69. The van der Waals surface area contributed by atoms with Crippen LogP contribution in [-0.4, -0.2) is 39.6 Å². The number of hydrogen-bond acceptors (Lipinski definition) is 4. The van der Waals surface area contributed by atoms with Crippen molar-refractivity contribution < 1.29 is 9.59 Å². The number of carbonyl (C=O) groups excluding carboxylic acids is 2. The average molecular weight is 380 g/mol. The van der Waals surface area contributed by atoms with Crippen LogP contribution in [0.5, 0.6) is 0 Å². The fourth-order valence-corrected chi connectivity index (χ4v) is 3.69. The molecule has 6 heteroatoms. The molecular formula is C21H18ClN3O2. The van der Waals surface area contributed by atoms with E-state index in [1.54, 1.807) is 47.6 Å². The zero-order valence-electron chi connectivity index (χ0n) is 14.6. The van der Waals surface area contributed by atoms with Gasteiger partial charge in [0.15, 0.2) is 5.78 Å². The molecule has 0 N–H and O–H groups in total. The highest BCUT2D eigenvalue weighted by atomic mass is 35.5. The van der Waals surface area contributed by atoms with Crippen LogP contribution in [0.15, 0.2) is 54.9 Å². The lowest BCUT2D eigenvalue weighted by atomic mass is 9.89. The zero-order valence-corrected chi connectivity index (χ0v) is 15.4. The molecule has 1 atom stereocenters. The first-order chi connectivity index (χ1) is 13.1. The summed E-state index contributed by atoms with van der Waals surface area (Å²) in [4.78, 5) is 36.3. The summed E-state index contributed by atoms with van der Waals surface area (Å²) in [6, 6.07) is 12.3. The van der Waals surface area contributed by atoms with E-state index in [9.17, 15) is 9.59 Å². The minimum Gasteiger partial charge on any atom is -0.338 e. The molecule has 0 spiro atoms. The normalized spacial score (nSPS) is 17.1. The third kappa shape index (κ3) is 3.55. The SMILES string of the molecule is O=C(c1ccc(Cl)cc1)C1CCCN(C(=O)c2cccc3nccnc23)C1. The van der Waals surface area contributed by atoms with Gasteiger partial charge in [-0.2, -0.15) is 0 Å². The minimum absolute atomic E-state index is 0.0573. The van der Waals surface area contributed by atoms with E-state index in [0.717, 1.165) is 12.8 Å². The van der Waals surface area contributed by atoms with Crippen molar-refractivity contribution in [2.75, 3.05) is 13.1 Å². The minimum atomic E-state index is -0.204. The van der Waals surface area contributed by atoms with Crippen LogP contribution in [0, 0.1) is 5.92 Å². The summed E-state index contributed by atoms with van der Waals surface area (Å²) in [7, 11) is 0. The fraction of sp³-hybridized carbons (Fsp3) is 0.238. The summed E-state index contributed by atoms with van der Waals surface area (Å²) >= 11 is 5.91. The highest BCUT2D eigenvalue weighted by Gasteiger charge is 2.30. The van der Waals surface area contributed by atoms with Crippen molar-refractivity contribution in [3.8, 4) is 0 Å². The summed E-state index contributed by atoms with van der Waals surface area (Å²) in [6.45, 7) is 1.05.